The second-order valence-electron chi connectivity index (χ2n) is 4.73. The SMILES string of the molecule is COc1cccc(OC(C)(C)CC(C)=O)c1OC. The fraction of sp³-hybridized carbons (Fsp3) is 0.500. The van der Waals surface area contributed by atoms with Crippen LogP contribution < -0.4 is 14.2 Å². The van der Waals surface area contributed by atoms with Gasteiger partial charge in [-0.05, 0) is 32.9 Å². The number of ether oxygens (including phenoxy) is 3. The number of hydrogen-bond donors (Lipinski definition) is 0. The van der Waals surface area contributed by atoms with Crippen molar-refractivity contribution in [3.8, 4) is 17.2 Å². The first kappa shape index (κ1) is 14.4. The highest BCUT2D eigenvalue weighted by molar-refractivity contribution is 5.76. The third-order valence-electron chi connectivity index (χ3n) is 2.43. The first-order valence-electron chi connectivity index (χ1n) is 5.79. The van der Waals surface area contributed by atoms with Gasteiger partial charge in [0, 0.05) is 6.42 Å². The minimum absolute atomic E-state index is 0.0851. The van der Waals surface area contributed by atoms with Crippen LogP contribution in [-0.2, 0) is 4.79 Å². The molecule has 0 unspecified atom stereocenters. The van der Waals surface area contributed by atoms with Crippen molar-refractivity contribution in [3.63, 3.8) is 0 Å². The lowest BCUT2D eigenvalue weighted by atomic mass is 10.0. The van der Waals surface area contributed by atoms with E-state index in [1.165, 1.54) is 0 Å². The molecule has 0 bridgehead atoms. The second-order valence-corrected chi connectivity index (χ2v) is 4.73. The molecule has 1 aromatic carbocycles. The number of hydrogen-bond acceptors (Lipinski definition) is 4. The van der Waals surface area contributed by atoms with Gasteiger partial charge < -0.3 is 14.2 Å². The maximum absolute atomic E-state index is 11.2. The maximum atomic E-state index is 11.2. The zero-order valence-electron chi connectivity index (χ0n) is 11.6. The topological polar surface area (TPSA) is 44.8 Å². The summed E-state index contributed by atoms with van der Waals surface area (Å²) < 4.78 is 16.3. The lowest BCUT2D eigenvalue weighted by Crippen LogP contribution is -2.30. The maximum Gasteiger partial charge on any atom is 0.203 e. The molecule has 1 rings (SSSR count). The van der Waals surface area contributed by atoms with Gasteiger partial charge in [0.2, 0.25) is 5.75 Å². The summed E-state index contributed by atoms with van der Waals surface area (Å²) in [6.07, 6.45) is 0.341. The average molecular weight is 252 g/mol. The lowest BCUT2D eigenvalue weighted by Gasteiger charge is -2.26. The smallest absolute Gasteiger partial charge is 0.203 e. The van der Waals surface area contributed by atoms with Crippen molar-refractivity contribution in [2.45, 2.75) is 32.8 Å². The van der Waals surface area contributed by atoms with Crippen molar-refractivity contribution < 1.29 is 19.0 Å². The van der Waals surface area contributed by atoms with Crippen LogP contribution in [0.15, 0.2) is 18.2 Å². The Kier molecular flexibility index (Phi) is 4.59. The molecule has 0 N–H and O–H groups in total. The van der Waals surface area contributed by atoms with Gasteiger partial charge in [0.15, 0.2) is 11.5 Å². The highest BCUT2D eigenvalue weighted by Gasteiger charge is 2.24. The Morgan fingerprint density at radius 1 is 1.17 bits per heavy atom. The van der Waals surface area contributed by atoms with E-state index in [0.29, 0.717) is 23.7 Å². The molecule has 0 saturated carbocycles. The van der Waals surface area contributed by atoms with Gasteiger partial charge in [0.25, 0.3) is 0 Å². The first-order chi connectivity index (χ1) is 8.39. The summed E-state index contributed by atoms with van der Waals surface area (Å²) in [5.74, 6) is 1.80. The van der Waals surface area contributed by atoms with Gasteiger partial charge in [-0.25, -0.2) is 0 Å². The molecular formula is C14H20O4. The zero-order valence-corrected chi connectivity index (χ0v) is 11.6. The summed E-state index contributed by atoms with van der Waals surface area (Å²) in [5, 5.41) is 0. The Balaban J connectivity index is 3.00. The number of methoxy groups -OCH3 is 2. The van der Waals surface area contributed by atoms with E-state index in [0.717, 1.165) is 0 Å². The summed E-state index contributed by atoms with van der Waals surface area (Å²) >= 11 is 0. The Morgan fingerprint density at radius 2 is 1.78 bits per heavy atom. The molecule has 4 nitrogen and oxygen atoms in total. The fourth-order valence-electron chi connectivity index (χ4n) is 1.87. The molecule has 4 heteroatoms. The zero-order chi connectivity index (χ0) is 13.8. The van der Waals surface area contributed by atoms with Crippen molar-refractivity contribution in [2.24, 2.45) is 0 Å². The van der Waals surface area contributed by atoms with Gasteiger partial charge in [0.05, 0.1) is 14.2 Å². The van der Waals surface area contributed by atoms with E-state index in [1.807, 2.05) is 19.9 Å². The van der Waals surface area contributed by atoms with Crippen LogP contribution in [-0.4, -0.2) is 25.6 Å². The number of ketones is 1. The van der Waals surface area contributed by atoms with Gasteiger partial charge >= 0.3 is 0 Å². The van der Waals surface area contributed by atoms with Crippen molar-refractivity contribution in [1.29, 1.82) is 0 Å². The highest BCUT2D eigenvalue weighted by Crippen LogP contribution is 2.38. The van der Waals surface area contributed by atoms with E-state index in [2.05, 4.69) is 0 Å². The third-order valence-corrected chi connectivity index (χ3v) is 2.43. The van der Waals surface area contributed by atoms with Crippen LogP contribution in [0.3, 0.4) is 0 Å². The normalized spacial score (nSPS) is 10.9. The molecule has 0 fully saturated rings. The minimum atomic E-state index is -0.578. The molecule has 1 aromatic rings. The van der Waals surface area contributed by atoms with Crippen molar-refractivity contribution in [2.75, 3.05) is 14.2 Å². The number of carbonyl (C=O) groups excluding carboxylic acids is 1. The number of carbonyl (C=O) groups is 1. The third kappa shape index (κ3) is 3.65. The Hall–Kier alpha value is -1.71. The summed E-state index contributed by atoms with van der Waals surface area (Å²) in [6.45, 7) is 5.29. The van der Waals surface area contributed by atoms with Crippen molar-refractivity contribution in [3.05, 3.63) is 18.2 Å². The molecule has 100 valence electrons. The quantitative estimate of drug-likeness (QED) is 0.781. The Bertz CT molecular complexity index is 424. The molecular weight excluding hydrogens is 232 g/mol. The number of benzene rings is 1. The van der Waals surface area contributed by atoms with E-state index in [1.54, 1.807) is 33.3 Å². The number of Topliss-reactive ketones (excluding diaryl/α,β-unsaturated/α-hetero) is 1. The second kappa shape index (κ2) is 5.76. The molecule has 0 aliphatic rings. The molecule has 0 aliphatic carbocycles. The first-order valence-corrected chi connectivity index (χ1v) is 5.79. The molecule has 18 heavy (non-hydrogen) atoms. The van der Waals surface area contributed by atoms with Crippen LogP contribution in [0.4, 0.5) is 0 Å². The van der Waals surface area contributed by atoms with E-state index in [-0.39, 0.29) is 5.78 Å². The van der Waals surface area contributed by atoms with Gasteiger partial charge in [-0.15, -0.1) is 0 Å². The molecule has 0 heterocycles. The van der Waals surface area contributed by atoms with Gasteiger partial charge in [0.1, 0.15) is 11.4 Å². The molecule has 0 saturated heterocycles. The monoisotopic (exact) mass is 252 g/mol. The van der Waals surface area contributed by atoms with E-state index >= 15 is 0 Å². The predicted molar refractivity (Wildman–Crippen MR) is 69.6 cm³/mol. The molecule has 0 spiro atoms. The largest absolute Gasteiger partial charge is 0.493 e. The average Bonchev–Trinajstić information content (AvgIpc) is 2.26. The standard InChI is InChI=1S/C14H20O4/c1-10(15)9-14(2,3)18-12-8-6-7-11(16-4)13(12)17-5/h6-8H,9H2,1-5H3. The summed E-state index contributed by atoms with van der Waals surface area (Å²) in [4.78, 5) is 11.2. The van der Waals surface area contributed by atoms with Gasteiger partial charge in [-0.1, -0.05) is 6.07 Å². The molecule has 0 aliphatic heterocycles. The number of rotatable bonds is 6. The lowest BCUT2D eigenvalue weighted by molar-refractivity contribution is -0.120. The summed E-state index contributed by atoms with van der Waals surface area (Å²) in [7, 11) is 3.13. The van der Waals surface area contributed by atoms with Crippen molar-refractivity contribution in [1.82, 2.24) is 0 Å². The summed E-state index contributed by atoms with van der Waals surface area (Å²) in [6, 6.07) is 5.41. The highest BCUT2D eigenvalue weighted by atomic mass is 16.5. The summed E-state index contributed by atoms with van der Waals surface area (Å²) in [5.41, 5.74) is -0.578. The van der Waals surface area contributed by atoms with Gasteiger partial charge in [-0.3, -0.25) is 4.79 Å². The van der Waals surface area contributed by atoms with Crippen LogP contribution in [0.1, 0.15) is 27.2 Å². The van der Waals surface area contributed by atoms with Crippen LogP contribution in [0.2, 0.25) is 0 Å². The molecule has 0 aromatic heterocycles. The number of para-hydroxylation sites is 1. The van der Waals surface area contributed by atoms with E-state index in [4.69, 9.17) is 14.2 Å². The predicted octanol–water partition coefficient (Wildman–Crippen LogP) is 2.84. The molecule has 0 amide bonds. The van der Waals surface area contributed by atoms with Crippen LogP contribution in [0.5, 0.6) is 17.2 Å². The van der Waals surface area contributed by atoms with Crippen LogP contribution in [0.25, 0.3) is 0 Å². The Labute approximate surface area is 108 Å². The molecule has 0 atom stereocenters. The van der Waals surface area contributed by atoms with E-state index < -0.39 is 5.60 Å². The van der Waals surface area contributed by atoms with E-state index in [9.17, 15) is 4.79 Å². The Morgan fingerprint density at radius 3 is 2.28 bits per heavy atom. The molecule has 0 radical (unpaired) electrons. The fourth-order valence-corrected chi connectivity index (χ4v) is 1.87. The van der Waals surface area contributed by atoms with Crippen LogP contribution >= 0.6 is 0 Å². The minimum Gasteiger partial charge on any atom is -0.493 e. The van der Waals surface area contributed by atoms with Crippen LogP contribution in [0, 0.1) is 0 Å². The van der Waals surface area contributed by atoms with Gasteiger partial charge in [-0.2, -0.15) is 0 Å². The van der Waals surface area contributed by atoms with Crippen molar-refractivity contribution >= 4 is 5.78 Å².